The highest BCUT2D eigenvalue weighted by Gasteiger charge is 2.10. The van der Waals surface area contributed by atoms with Gasteiger partial charge in [-0.1, -0.05) is 37.3 Å². The molecule has 1 heterocycles. The van der Waals surface area contributed by atoms with Crippen molar-refractivity contribution >= 4 is 28.3 Å². The average molecular weight is 204 g/mol. The Hall–Kier alpha value is 0.200. The van der Waals surface area contributed by atoms with Gasteiger partial charge in [-0.3, -0.25) is 0 Å². The minimum absolute atomic E-state index is 0.916. The Bertz CT molecular complexity index is 144. The Balaban J connectivity index is 2.15. The Morgan fingerprint density at radius 3 is 2.67 bits per heavy atom. The maximum atomic E-state index is 5.14. The van der Waals surface area contributed by atoms with E-state index < -0.39 is 0 Å². The monoisotopic (exact) mass is 204 g/mol. The molecule has 2 nitrogen and oxygen atoms in total. The maximum Gasteiger partial charge on any atom is 0.148 e. The van der Waals surface area contributed by atoms with Gasteiger partial charge in [0.2, 0.25) is 0 Å². The molecule has 1 fully saturated rings. The molecular weight excluding hydrogens is 188 g/mol. The molecule has 0 atom stereocenters. The molecule has 4 heteroatoms. The summed E-state index contributed by atoms with van der Waals surface area (Å²) in [5.41, 5.74) is 3.25. The predicted octanol–water partition coefficient (Wildman–Crippen LogP) is 2.01. The molecule has 0 saturated carbocycles. The van der Waals surface area contributed by atoms with Crippen molar-refractivity contribution in [3.05, 3.63) is 0 Å². The Kier molecular flexibility index (Phi) is 4.95. The van der Waals surface area contributed by atoms with Crippen molar-refractivity contribution in [3.8, 4) is 0 Å². The smallest absolute Gasteiger partial charge is 0.148 e. The lowest BCUT2D eigenvalue weighted by atomic mass is 10.2. The van der Waals surface area contributed by atoms with Crippen molar-refractivity contribution in [1.29, 1.82) is 0 Å². The van der Waals surface area contributed by atoms with Crippen LogP contribution < -0.4 is 5.43 Å². The van der Waals surface area contributed by atoms with Gasteiger partial charge >= 0.3 is 0 Å². The number of thiocarbonyl (C=S) groups is 1. The van der Waals surface area contributed by atoms with Gasteiger partial charge in [-0.15, -0.1) is 0 Å². The molecule has 12 heavy (non-hydrogen) atoms. The normalized spacial score (nSPS) is 19.1. The number of hydrogen-bond acceptors (Lipinski definition) is 3. The van der Waals surface area contributed by atoms with Crippen molar-refractivity contribution in [2.24, 2.45) is 0 Å². The molecular formula is C8H16N2S2. The van der Waals surface area contributed by atoms with Crippen molar-refractivity contribution in [2.75, 3.05) is 18.8 Å². The van der Waals surface area contributed by atoms with Gasteiger partial charge in [0.15, 0.2) is 0 Å². The van der Waals surface area contributed by atoms with Crippen LogP contribution in [-0.4, -0.2) is 28.2 Å². The van der Waals surface area contributed by atoms with Gasteiger partial charge in [-0.2, -0.15) is 0 Å². The average Bonchev–Trinajstić information content (AvgIpc) is 2.06. The van der Waals surface area contributed by atoms with E-state index in [-0.39, 0.29) is 0 Å². The molecule has 0 aliphatic carbocycles. The molecule has 0 radical (unpaired) electrons. The van der Waals surface area contributed by atoms with Crippen LogP contribution in [0.3, 0.4) is 0 Å². The van der Waals surface area contributed by atoms with Gasteiger partial charge in [0.25, 0.3) is 0 Å². The van der Waals surface area contributed by atoms with Crippen molar-refractivity contribution in [1.82, 2.24) is 10.4 Å². The van der Waals surface area contributed by atoms with Crippen LogP contribution in [0.15, 0.2) is 0 Å². The zero-order valence-corrected chi connectivity index (χ0v) is 9.14. The van der Waals surface area contributed by atoms with Gasteiger partial charge in [0, 0.05) is 13.1 Å². The summed E-state index contributed by atoms with van der Waals surface area (Å²) in [4.78, 5) is 0. The first kappa shape index (κ1) is 10.3. The molecule has 0 aromatic heterocycles. The summed E-state index contributed by atoms with van der Waals surface area (Å²) in [7, 11) is 0. The molecule has 0 bridgehead atoms. The second kappa shape index (κ2) is 5.78. The van der Waals surface area contributed by atoms with Gasteiger partial charge in [0.05, 0.1) is 0 Å². The highest BCUT2D eigenvalue weighted by molar-refractivity contribution is 8.22. The number of rotatable bonds is 2. The number of thioether (sulfide) groups is 1. The first-order chi connectivity index (χ1) is 5.83. The van der Waals surface area contributed by atoms with Crippen LogP contribution in [0.1, 0.15) is 26.2 Å². The first-order valence-corrected chi connectivity index (χ1v) is 5.90. The third kappa shape index (κ3) is 3.74. The molecule has 1 saturated heterocycles. The summed E-state index contributed by atoms with van der Waals surface area (Å²) in [5.74, 6) is 1.06. The van der Waals surface area contributed by atoms with Crippen LogP contribution in [0.2, 0.25) is 0 Å². The highest BCUT2D eigenvalue weighted by Crippen LogP contribution is 2.08. The summed E-state index contributed by atoms with van der Waals surface area (Å²) in [5, 5.41) is 2.23. The largest absolute Gasteiger partial charge is 0.304 e. The summed E-state index contributed by atoms with van der Waals surface area (Å²) in [6, 6.07) is 0. The van der Waals surface area contributed by atoms with Gasteiger partial charge in [-0.05, 0) is 18.6 Å². The summed E-state index contributed by atoms with van der Waals surface area (Å²) < 4.78 is 0.916. The lowest BCUT2D eigenvalue weighted by Crippen LogP contribution is -2.43. The third-order valence-corrected chi connectivity index (χ3v) is 2.97. The van der Waals surface area contributed by atoms with Gasteiger partial charge < -0.3 is 5.43 Å². The molecule has 70 valence electrons. The van der Waals surface area contributed by atoms with E-state index in [1.54, 1.807) is 11.8 Å². The van der Waals surface area contributed by atoms with E-state index in [4.69, 9.17) is 12.2 Å². The van der Waals surface area contributed by atoms with Crippen LogP contribution in [-0.2, 0) is 0 Å². The summed E-state index contributed by atoms with van der Waals surface area (Å²) in [6.45, 7) is 4.41. The third-order valence-electron chi connectivity index (χ3n) is 1.88. The maximum absolute atomic E-state index is 5.14. The molecule has 1 N–H and O–H groups in total. The number of hydrogen-bond donors (Lipinski definition) is 1. The van der Waals surface area contributed by atoms with Crippen LogP contribution in [0, 0.1) is 0 Å². The molecule has 0 unspecified atom stereocenters. The summed E-state index contributed by atoms with van der Waals surface area (Å²) >= 11 is 6.85. The Morgan fingerprint density at radius 1 is 1.42 bits per heavy atom. The molecule has 1 aliphatic rings. The van der Waals surface area contributed by atoms with E-state index in [2.05, 4.69) is 17.4 Å². The van der Waals surface area contributed by atoms with Crippen LogP contribution in [0.5, 0.6) is 0 Å². The van der Waals surface area contributed by atoms with Gasteiger partial charge in [0.1, 0.15) is 4.32 Å². The summed E-state index contributed by atoms with van der Waals surface area (Å²) in [6.07, 6.45) is 3.96. The Morgan fingerprint density at radius 2 is 2.08 bits per heavy atom. The van der Waals surface area contributed by atoms with E-state index >= 15 is 0 Å². The second-order valence-corrected chi connectivity index (χ2v) is 4.82. The van der Waals surface area contributed by atoms with Crippen molar-refractivity contribution in [3.63, 3.8) is 0 Å². The highest BCUT2D eigenvalue weighted by atomic mass is 32.2. The predicted molar refractivity (Wildman–Crippen MR) is 59.3 cm³/mol. The zero-order valence-electron chi connectivity index (χ0n) is 7.51. The van der Waals surface area contributed by atoms with E-state index in [0.29, 0.717) is 0 Å². The molecule has 0 amide bonds. The van der Waals surface area contributed by atoms with E-state index in [0.717, 1.165) is 23.2 Å². The van der Waals surface area contributed by atoms with Crippen LogP contribution in [0.25, 0.3) is 0 Å². The molecule has 0 spiro atoms. The van der Waals surface area contributed by atoms with E-state index in [1.165, 1.54) is 19.3 Å². The minimum atomic E-state index is 0.916. The fourth-order valence-electron chi connectivity index (χ4n) is 1.30. The first-order valence-electron chi connectivity index (χ1n) is 4.51. The lowest BCUT2D eigenvalue weighted by Gasteiger charge is -2.27. The number of piperidine rings is 1. The van der Waals surface area contributed by atoms with Crippen molar-refractivity contribution < 1.29 is 0 Å². The van der Waals surface area contributed by atoms with Crippen LogP contribution in [0.4, 0.5) is 0 Å². The molecule has 1 aliphatic heterocycles. The van der Waals surface area contributed by atoms with Crippen LogP contribution >= 0.6 is 24.0 Å². The lowest BCUT2D eigenvalue weighted by molar-refractivity contribution is 0.197. The van der Waals surface area contributed by atoms with Crippen molar-refractivity contribution in [2.45, 2.75) is 26.2 Å². The molecule has 1 rings (SSSR count). The molecule has 0 aromatic carbocycles. The zero-order chi connectivity index (χ0) is 8.81. The minimum Gasteiger partial charge on any atom is -0.304 e. The number of hydrazine groups is 1. The van der Waals surface area contributed by atoms with E-state index in [1.807, 2.05) is 0 Å². The standard InChI is InChI=1S/C8H16N2S2/c1-2-12-8(11)9-10-6-4-3-5-7-10/h2-7H2,1H3,(H,9,11). The quantitative estimate of drug-likeness (QED) is 0.692. The fourth-order valence-corrected chi connectivity index (χ4v) is 2.24. The second-order valence-electron chi connectivity index (χ2n) is 2.88. The Labute approximate surface area is 84.0 Å². The fraction of sp³-hybridized carbons (Fsp3) is 0.875. The van der Waals surface area contributed by atoms with E-state index in [9.17, 15) is 0 Å². The SMILES string of the molecule is CCSC(=S)NN1CCCCC1. The number of nitrogens with zero attached hydrogens (tertiary/aromatic N) is 1. The molecule has 0 aromatic rings. The van der Waals surface area contributed by atoms with Gasteiger partial charge in [-0.25, -0.2) is 5.01 Å². The topological polar surface area (TPSA) is 15.3 Å². The number of nitrogens with one attached hydrogen (secondary N) is 1.